The maximum absolute atomic E-state index is 13.5. The maximum Gasteiger partial charge on any atom is 0.270 e. The van der Waals surface area contributed by atoms with Gasteiger partial charge in [-0.05, 0) is 25.1 Å². The van der Waals surface area contributed by atoms with Gasteiger partial charge in [-0.3, -0.25) is 14.9 Å². The number of carbonyl (C=O) groups excluding carboxylic acids is 1. The number of halogens is 2. The zero-order valence-electron chi connectivity index (χ0n) is 10.8. The first kappa shape index (κ1) is 14.6. The van der Waals surface area contributed by atoms with Gasteiger partial charge >= 0.3 is 0 Å². The Morgan fingerprint density at radius 2 is 1.81 bits per heavy atom. The SMILES string of the molecule is CC(=O)c1cc([N+](=O)[O-])ccc1Oc1ccc(F)cc1F. The lowest BCUT2D eigenvalue weighted by Crippen LogP contribution is -2.00. The van der Waals surface area contributed by atoms with Crippen LogP contribution in [0.5, 0.6) is 11.5 Å². The Morgan fingerprint density at radius 3 is 2.38 bits per heavy atom. The molecule has 0 spiro atoms. The minimum atomic E-state index is -0.942. The van der Waals surface area contributed by atoms with Crippen molar-refractivity contribution in [2.75, 3.05) is 0 Å². The standard InChI is InChI=1S/C14H9F2NO4/c1-8(18)11-7-10(17(19)20)3-5-13(11)21-14-4-2-9(15)6-12(14)16/h2-7H,1H3. The summed E-state index contributed by atoms with van der Waals surface area (Å²) in [6.45, 7) is 1.20. The van der Waals surface area contributed by atoms with Crippen LogP contribution in [-0.2, 0) is 0 Å². The highest BCUT2D eigenvalue weighted by Crippen LogP contribution is 2.30. The third kappa shape index (κ3) is 3.19. The molecule has 2 aromatic carbocycles. The van der Waals surface area contributed by atoms with Gasteiger partial charge in [0.25, 0.3) is 5.69 Å². The van der Waals surface area contributed by atoms with Gasteiger partial charge in [-0.1, -0.05) is 0 Å². The summed E-state index contributed by atoms with van der Waals surface area (Å²) in [6, 6.07) is 6.06. The van der Waals surface area contributed by atoms with E-state index in [1.807, 2.05) is 0 Å². The van der Waals surface area contributed by atoms with Crippen LogP contribution in [-0.4, -0.2) is 10.7 Å². The van der Waals surface area contributed by atoms with Crippen molar-refractivity contribution in [2.24, 2.45) is 0 Å². The largest absolute Gasteiger partial charge is 0.454 e. The molecule has 0 saturated carbocycles. The van der Waals surface area contributed by atoms with Crippen LogP contribution in [0.4, 0.5) is 14.5 Å². The van der Waals surface area contributed by atoms with Crippen LogP contribution in [0.25, 0.3) is 0 Å². The molecule has 2 rings (SSSR count). The molecule has 0 aliphatic carbocycles. The van der Waals surface area contributed by atoms with Gasteiger partial charge in [-0.2, -0.15) is 0 Å². The number of hydrogen-bond acceptors (Lipinski definition) is 4. The molecule has 5 nitrogen and oxygen atoms in total. The third-order valence-electron chi connectivity index (χ3n) is 2.67. The van der Waals surface area contributed by atoms with E-state index in [0.29, 0.717) is 6.07 Å². The van der Waals surface area contributed by atoms with Crippen LogP contribution in [0, 0.1) is 21.7 Å². The molecule has 108 valence electrons. The van der Waals surface area contributed by atoms with Crippen molar-refractivity contribution in [1.82, 2.24) is 0 Å². The van der Waals surface area contributed by atoms with Crippen molar-refractivity contribution in [3.63, 3.8) is 0 Å². The number of carbonyl (C=O) groups is 1. The lowest BCUT2D eigenvalue weighted by atomic mass is 10.1. The molecule has 0 bridgehead atoms. The molecule has 0 radical (unpaired) electrons. The minimum absolute atomic E-state index is 0.0430. The molecule has 21 heavy (non-hydrogen) atoms. The van der Waals surface area contributed by atoms with E-state index in [1.54, 1.807) is 0 Å². The molecule has 0 aliphatic heterocycles. The summed E-state index contributed by atoms with van der Waals surface area (Å²) in [4.78, 5) is 21.5. The number of benzene rings is 2. The van der Waals surface area contributed by atoms with Crippen LogP contribution in [0.2, 0.25) is 0 Å². The lowest BCUT2D eigenvalue weighted by Gasteiger charge is -2.10. The monoisotopic (exact) mass is 293 g/mol. The van der Waals surface area contributed by atoms with Crippen LogP contribution < -0.4 is 4.74 Å². The van der Waals surface area contributed by atoms with Gasteiger partial charge in [-0.15, -0.1) is 0 Å². The van der Waals surface area contributed by atoms with E-state index in [1.165, 1.54) is 13.0 Å². The summed E-state index contributed by atoms with van der Waals surface area (Å²) < 4.78 is 31.5. The fourth-order valence-corrected chi connectivity index (χ4v) is 1.67. The van der Waals surface area contributed by atoms with Gasteiger partial charge < -0.3 is 4.74 Å². The van der Waals surface area contributed by atoms with Crippen LogP contribution in [0.15, 0.2) is 36.4 Å². The predicted octanol–water partition coefficient (Wildman–Crippen LogP) is 3.87. The number of nitrogens with zero attached hydrogens (tertiary/aromatic N) is 1. The number of Topliss-reactive ketones (excluding diaryl/α,β-unsaturated/α-hetero) is 1. The first-order chi connectivity index (χ1) is 9.88. The Bertz CT molecular complexity index is 731. The maximum atomic E-state index is 13.5. The predicted molar refractivity (Wildman–Crippen MR) is 69.5 cm³/mol. The fraction of sp³-hybridized carbons (Fsp3) is 0.0714. The molecule has 0 unspecified atom stereocenters. The van der Waals surface area contributed by atoms with E-state index >= 15 is 0 Å². The molecule has 0 amide bonds. The first-order valence-corrected chi connectivity index (χ1v) is 5.81. The number of non-ortho nitro benzene ring substituents is 1. The number of rotatable bonds is 4. The second-order valence-electron chi connectivity index (χ2n) is 4.17. The Balaban J connectivity index is 2.44. The molecule has 0 aromatic heterocycles. The zero-order chi connectivity index (χ0) is 15.6. The molecule has 0 fully saturated rings. The van der Waals surface area contributed by atoms with Gasteiger partial charge in [0.05, 0.1) is 10.5 Å². The molecule has 0 saturated heterocycles. The summed E-state index contributed by atoms with van der Waals surface area (Å²) in [5, 5.41) is 10.7. The highest BCUT2D eigenvalue weighted by atomic mass is 19.1. The number of hydrogen-bond donors (Lipinski definition) is 0. The molecular formula is C14H9F2NO4. The Hall–Kier alpha value is -2.83. The number of nitro benzene ring substituents is 1. The average molecular weight is 293 g/mol. The van der Waals surface area contributed by atoms with Gasteiger partial charge in [0.15, 0.2) is 17.3 Å². The number of ether oxygens (including phenoxy) is 1. The van der Waals surface area contributed by atoms with Gasteiger partial charge in [0.2, 0.25) is 0 Å². The van der Waals surface area contributed by atoms with Crippen LogP contribution in [0.1, 0.15) is 17.3 Å². The average Bonchev–Trinajstić information content (AvgIpc) is 2.41. The third-order valence-corrected chi connectivity index (χ3v) is 2.67. The molecular weight excluding hydrogens is 284 g/mol. The van der Waals surface area contributed by atoms with E-state index in [0.717, 1.165) is 24.3 Å². The minimum Gasteiger partial charge on any atom is -0.454 e. The molecule has 0 aliphatic rings. The summed E-state index contributed by atoms with van der Waals surface area (Å²) >= 11 is 0. The van der Waals surface area contributed by atoms with Crippen molar-refractivity contribution < 1.29 is 23.2 Å². The first-order valence-electron chi connectivity index (χ1n) is 5.81. The second kappa shape index (κ2) is 5.66. The lowest BCUT2D eigenvalue weighted by molar-refractivity contribution is -0.384. The van der Waals surface area contributed by atoms with E-state index < -0.39 is 22.3 Å². The fourth-order valence-electron chi connectivity index (χ4n) is 1.67. The van der Waals surface area contributed by atoms with E-state index in [2.05, 4.69) is 0 Å². The van der Waals surface area contributed by atoms with Gasteiger partial charge in [0.1, 0.15) is 11.6 Å². The topological polar surface area (TPSA) is 69.4 Å². The van der Waals surface area contributed by atoms with E-state index in [4.69, 9.17) is 4.74 Å². The number of ketones is 1. The molecule has 2 aromatic rings. The second-order valence-corrected chi connectivity index (χ2v) is 4.17. The Labute approximate surface area is 117 Å². The smallest absolute Gasteiger partial charge is 0.270 e. The van der Waals surface area contributed by atoms with Crippen molar-refractivity contribution in [3.05, 3.63) is 63.7 Å². The van der Waals surface area contributed by atoms with Gasteiger partial charge in [-0.25, -0.2) is 8.78 Å². The highest BCUT2D eigenvalue weighted by Gasteiger charge is 2.17. The zero-order valence-corrected chi connectivity index (χ0v) is 10.8. The van der Waals surface area contributed by atoms with Crippen molar-refractivity contribution in [3.8, 4) is 11.5 Å². The van der Waals surface area contributed by atoms with Crippen molar-refractivity contribution in [1.29, 1.82) is 0 Å². The van der Waals surface area contributed by atoms with Crippen LogP contribution >= 0.6 is 0 Å². The summed E-state index contributed by atoms with van der Waals surface area (Å²) in [5.74, 6) is -2.51. The summed E-state index contributed by atoms with van der Waals surface area (Å²) in [7, 11) is 0. The normalized spacial score (nSPS) is 10.2. The quantitative estimate of drug-likeness (QED) is 0.487. The summed E-state index contributed by atoms with van der Waals surface area (Å²) in [5.41, 5.74) is -0.347. The Kier molecular flexibility index (Phi) is 3.93. The molecule has 0 N–H and O–H groups in total. The Morgan fingerprint density at radius 1 is 1.14 bits per heavy atom. The number of nitro groups is 1. The molecule has 0 heterocycles. The molecule has 7 heteroatoms. The summed E-state index contributed by atoms with van der Waals surface area (Å²) in [6.07, 6.45) is 0. The van der Waals surface area contributed by atoms with Crippen molar-refractivity contribution >= 4 is 11.5 Å². The van der Waals surface area contributed by atoms with Crippen molar-refractivity contribution in [2.45, 2.75) is 6.92 Å². The van der Waals surface area contributed by atoms with Gasteiger partial charge in [0, 0.05) is 18.2 Å². The van der Waals surface area contributed by atoms with E-state index in [9.17, 15) is 23.7 Å². The molecule has 0 atom stereocenters. The highest BCUT2D eigenvalue weighted by molar-refractivity contribution is 5.97. The van der Waals surface area contributed by atoms with Crippen LogP contribution in [0.3, 0.4) is 0 Å². The van der Waals surface area contributed by atoms with E-state index in [-0.39, 0.29) is 22.7 Å².